The normalized spacial score (nSPS) is 11.0. The number of methoxy groups -OCH3 is 1. The van der Waals surface area contributed by atoms with Gasteiger partial charge in [0.05, 0.1) is 31.7 Å². The van der Waals surface area contributed by atoms with Crippen LogP contribution in [0.2, 0.25) is 0 Å². The van der Waals surface area contributed by atoms with E-state index in [9.17, 15) is 0 Å². The summed E-state index contributed by atoms with van der Waals surface area (Å²) in [6, 6.07) is 0. The van der Waals surface area contributed by atoms with Gasteiger partial charge in [0.1, 0.15) is 0 Å². The van der Waals surface area contributed by atoms with Crippen molar-refractivity contribution in [1.82, 2.24) is 15.3 Å². The number of hydrogen-bond acceptors (Lipinski definition) is 6. The lowest BCUT2D eigenvalue weighted by Gasteiger charge is -2.09. The lowest BCUT2D eigenvalue weighted by molar-refractivity contribution is 0.0641. The van der Waals surface area contributed by atoms with Gasteiger partial charge in [0.15, 0.2) is 0 Å². The molecule has 0 radical (unpaired) electrons. The van der Waals surface area contributed by atoms with Crippen LogP contribution < -0.4 is 10.1 Å². The van der Waals surface area contributed by atoms with Crippen molar-refractivity contribution in [1.29, 1.82) is 0 Å². The first-order chi connectivity index (χ1) is 10.2. The van der Waals surface area contributed by atoms with Crippen molar-refractivity contribution in [3.8, 4) is 5.88 Å². The second kappa shape index (κ2) is 11.4. The Kier molecular flexibility index (Phi) is 9.69. The highest BCUT2D eigenvalue weighted by atomic mass is 16.5. The number of hydrogen-bond donors (Lipinski definition) is 1. The van der Waals surface area contributed by atoms with Gasteiger partial charge in [0.2, 0.25) is 5.88 Å². The second-order valence-corrected chi connectivity index (χ2v) is 5.18. The molecule has 0 saturated carbocycles. The molecule has 1 rings (SSSR count). The highest BCUT2D eigenvalue weighted by molar-refractivity contribution is 5.08. The molecule has 0 aliphatic rings. The van der Waals surface area contributed by atoms with Crippen LogP contribution in [0, 0.1) is 5.92 Å². The van der Waals surface area contributed by atoms with Gasteiger partial charge in [-0.15, -0.1) is 0 Å². The van der Waals surface area contributed by atoms with Crippen LogP contribution >= 0.6 is 0 Å². The summed E-state index contributed by atoms with van der Waals surface area (Å²) >= 11 is 0. The van der Waals surface area contributed by atoms with Crippen LogP contribution in [0.25, 0.3) is 0 Å². The lowest BCUT2D eigenvalue weighted by atomic mass is 10.2. The smallest absolute Gasteiger partial charge is 0.232 e. The Morgan fingerprint density at radius 3 is 2.76 bits per heavy atom. The number of nitrogens with one attached hydrogen (secondary N) is 1. The average Bonchev–Trinajstić information content (AvgIpc) is 2.46. The summed E-state index contributed by atoms with van der Waals surface area (Å²) in [5.74, 6) is 1.19. The van der Waals surface area contributed by atoms with Gasteiger partial charge in [0.25, 0.3) is 0 Å². The van der Waals surface area contributed by atoms with Gasteiger partial charge < -0.3 is 19.5 Å². The Balaban J connectivity index is 2.17. The summed E-state index contributed by atoms with van der Waals surface area (Å²) < 4.78 is 15.8. The molecule has 1 N–H and O–H groups in total. The zero-order valence-corrected chi connectivity index (χ0v) is 13.3. The number of ether oxygens (including phenoxy) is 3. The monoisotopic (exact) mass is 297 g/mol. The minimum absolute atomic E-state index is 0.565. The summed E-state index contributed by atoms with van der Waals surface area (Å²) in [6.07, 6.45) is 4.22. The zero-order chi connectivity index (χ0) is 15.3. The Labute approximate surface area is 127 Å². The molecule has 0 aliphatic heterocycles. The fraction of sp³-hybridized carbons (Fsp3) is 0.733. The van der Waals surface area contributed by atoms with E-state index in [0.717, 1.165) is 18.7 Å². The van der Waals surface area contributed by atoms with Gasteiger partial charge in [-0.3, -0.25) is 4.98 Å². The van der Waals surface area contributed by atoms with E-state index in [1.807, 2.05) is 0 Å². The molecule has 0 unspecified atom stereocenters. The average molecular weight is 297 g/mol. The summed E-state index contributed by atoms with van der Waals surface area (Å²) in [7, 11) is 1.66. The number of rotatable bonds is 12. The Bertz CT molecular complexity index is 375. The van der Waals surface area contributed by atoms with Crippen molar-refractivity contribution in [2.45, 2.75) is 26.8 Å². The minimum atomic E-state index is 0.565. The first-order valence-corrected chi connectivity index (χ1v) is 7.43. The predicted octanol–water partition coefficient (Wildman–Crippen LogP) is 1.65. The second-order valence-electron chi connectivity index (χ2n) is 5.18. The molecule has 0 saturated heterocycles. The third-order valence-corrected chi connectivity index (χ3v) is 2.64. The van der Waals surface area contributed by atoms with Crippen molar-refractivity contribution in [3.05, 3.63) is 18.1 Å². The van der Waals surface area contributed by atoms with Crippen molar-refractivity contribution in [2.24, 2.45) is 5.92 Å². The van der Waals surface area contributed by atoms with E-state index < -0.39 is 0 Å². The van der Waals surface area contributed by atoms with E-state index in [-0.39, 0.29) is 0 Å². The third-order valence-electron chi connectivity index (χ3n) is 2.64. The van der Waals surface area contributed by atoms with E-state index in [0.29, 0.717) is 44.8 Å². The summed E-state index contributed by atoms with van der Waals surface area (Å²) in [4.78, 5) is 8.56. The molecule has 6 nitrogen and oxygen atoms in total. The third kappa shape index (κ3) is 9.33. The molecule has 0 fully saturated rings. The van der Waals surface area contributed by atoms with E-state index in [1.165, 1.54) is 0 Å². The molecule has 0 amide bonds. The van der Waals surface area contributed by atoms with Gasteiger partial charge in [0, 0.05) is 32.9 Å². The molecule has 0 spiro atoms. The maximum absolute atomic E-state index is 5.57. The van der Waals surface area contributed by atoms with E-state index in [1.54, 1.807) is 19.5 Å². The summed E-state index contributed by atoms with van der Waals surface area (Å²) in [6.45, 7) is 8.50. The first-order valence-electron chi connectivity index (χ1n) is 7.43. The standard InChI is InChI=1S/C15H27N3O3/c1-13(2)9-16-10-14-11-17-12-15(18-14)21-6-4-5-20-8-7-19-3/h11-13,16H,4-10H2,1-3H3. The summed E-state index contributed by atoms with van der Waals surface area (Å²) in [5.41, 5.74) is 0.893. The first kappa shape index (κ1) is 17.8. The Morgan fingerprint density at radius 2 is 2.00 bits per heavy atom. The van der Waals surface area contributed by atoms with Crippen LogP contribution in [-0.4, -0.2) is 50.1 Å². The van der Waals surface area contributed by atoms with Crippen molar-refractivity contribution in [2.75, 3.05) is 40.1 Å². The van der Waals surface area contributed by atoms with Gasteiger partial charge in [-0.2, -0.15) is 0 Å². The van der Waals surface area contributed by atoms with E-state index in [2.05, 4.69) is 29.1 Å². The molecule has 120 valence electrons. The van der Waals surface area contributed by atoms with Crippen molar-refractivity contribution in [3.63, 3.8) is 0 Å². The molecule has 1 aromatic rings. The highest BCUT2D eigenvalue weighted by Crippen LogP contribution is 2.05. The van der Waals surface area contributed by atoms with Crippen molar-refractivity contribution >= 4 is 0 Å². The molecule has 1 aromatic heterocycles. The minimum Gasteiger partial charge on any atom is -0.476 e. The van der Waals surface area contributed by atoms with Gasteiger partial charge >= 0.3 is 0 Å². The van der Waals surface area contributed by atoms with E-state index >= 15 is 0 Å². The zero-order valence-electron chi connectivity index (χ0n) is 13.3. The van der Waals surface area contributed by atoms with Crippen LogP contribution in [0.1, 0.15) is 26.0 Å². The lowest BCUT2D eigenvalue weighted by Crippen LogP contribution is -2.19. The Morgan fingerprint density at radius 1 is 1.14 bits per heavy atom. The van der Waals surface area contributed by atoms with Gasteiger partial charge in [-0.1, -0.05) is 13.8 Å². The quantitative estimate of drug-likeness (QED) is 0.592. The molecule has 0 aromatic carbocycles. The predicted molar refractivity (Wildman–Crippen MR) is 81.4 cm³/mol. The van der Waals surface area contributed by atoms with Crippen LogP contribution in [0.3, 0.4) is 0 Å². The fourth-order valence-corrected chi connectivity index (χ4v) is 1.61. The molecular weight excluding hydrogens is 270 g/mol. The topological polar surface area (TPSA) is 65.5 Å². The largest absolute Gasteiger partial charge is 0.476 e. The molecule has 0 aliphatic carbocycles. The summed E-state index contributed by atoms with van der Waals surface area (Å²) in [5, 5.41) is 3.33. The van der Waals surface area contributed by atoms with Crippen LogP contribution in [0.4, 0.5) is 0 Å². The van der Waals surface area contributed by atoms with Crippen molar-refractivity contribution < 1.29 is 14.2 Å². The van der Waals surface area contributed by atoms with Crippen LogP contribution in [0.15, 0.2) is 12.4 Å². The molecule has 21 heavy (non-hydrogen) atoms. The van der Waals surface area contributed by atoms with Gasteiger partial charge in [-0.25, -0.2) is 4.98 Å². The SMILES string of the molecule is COCCOCCCOc1cncc(CNCC(C)C)n1. The molecule has 0 bridgehead atoms. The molecule has 6 heteroatoms. The Hall–Kier alpha value is -1.24. The number of nitrogens with zero attached hydrogens (tertiary/aromatic N) is 2. The van der Waals surface area contributed by atoms with Gasteiger partial charge in [-0.05, 0) is 12.5 Å². The molecule has 1 heterocycles. The maximum atomic E-state index is 5.57. The molecule has 0 atom stereocenters. The maximum Gasteiger partial charge on any atom is 0.232 e. The van der Waals surface area contributed by atoms with E-state index in [4.69, 9.17) is 14.2 Å². The van der Waals surface area contributed by atoms with Crippen LogP contribution in [0.5, 0.6) is 5.88 Å². The number of aromatic nitrogens is 2. The molecular formula is C15H27N3O3. The fourth-order valence-electron chi connectivity index (χ4n) is 1.61. The highest BCUT2D eigenvalue weighted by Gasteiger charge is 2.01. The van der Waals surface area contributed by atoms with Crippen LogP contribution in [-0.2, 0) is 16.0 Å².